The molecular formula is C17H24ClN3O5. The van der Waals surface area contributed by atoms with Crippen LogP contribution in [-0.4, -0.2) is 77.6 Å². The van der Waals surface area contributed by atoms with Crippen molar-refractivity contribution >= 4 is 35.1 Å². The third-order valence-electron chi connectivity index (χ3n) is 3.98. The molecule has 1 fully saturated rings. The maximum atomic E-state index is 12.0. The molecule has 0 atom stereocenters. The fraction of sp³-hybridized carbons (Fsp3) is 0.471. The van der Waals surface area contributed by atoms with Crippen molar-refractivity contribution in [3.05, 3.63) is 28.8 Å². The number of hydrogen-bond acceptors (Lipinski definition) is 5. The zero-order valence-electron chi connectivity index (χ0n) is 14.9. The quantitative estimate of drug-likeness (QED) is 0.671. The number of likely N-dealkylation sites (N-methyl/N-ethyl adjacent to an activating group) is 1. The van der Waals surface area contributed by atoms with Crippen LogP contribution in [0.25, 0.3) is 0 Å². The van der Waals surface area contributed by atoms with Gasteiger partial charge in [-0.3, -0.25) is 4.79 Å². The van der Waals surface area contributed by atoms with Crippen molar-refractivity contribution in [1.82, 2.24) is 9.80 Å². The first-order valence-electron chi connectivity index (χ1n) is 8.12. The molecule has 0 radical (unpaired) electrons. The first-order chi connectivity index (χ1) is 12.2. The van der Waals surface area contributed by atoms with E-state index in [-0.39, 0.29) is 5.91 Å². The van der Waals surface area contributed by atoms with Gasteiger partial charge < -0.3 is 25.3 Å². The number of halogens is 1. The van der Waals surface area contributed by atoms with Crippen LogP contribution in [0.5, 0.6) is 0 Å². The summed E-state index contributed by atoms with van der Waals surface area (Å²) >= 11 is 6.05. The number of carboxylic acid groups (broad SMARTS) is 2. The number of nitrogens with zero attached hydrogens (tertiary/aromatic N) is 2. The van der Waals surface area contributed by atoms with Crippen molar-refractivity contribution in [3.63, 3.8) is 0 Å². The second kappa shape index (κ2) is 10.7. The van der Waals surface area contributed by atoms with Crippen LogP contribution in [0, 0.1) is 6.92 Å². The molecule has 0 saturated carbocycles. The molecule has 1 amide bonds. The molecule has 1 saturated heterocycles. The molecule has 144 valence electrons. The highest BCUT2D eigenvalue weighted by atomic mass is 35.5. The average molecular weight is 386 g/mol. The number of piperazine rings is 1. The van der Waals surface area contributed by atoms with E-state index in [2.05, 4.69) is 22.2 Å². The Morgan fingerprint density at radius 1 is 1.12 bits per heavy atom. The van der Waals surface area contributed by atoms with Gasteiger partial charge in [-0.15, -0.1) is 0 Å². The summed E-state index contributed by atoms with van der Waals surface area (Å²) in [5.74, 6) is -3.60. The first-order valence-corrected chi connectivity index (χ1v) is 8.50. The van der Waals surface area contributed by atoms with E-state index in [0.29, 0.717) is 11.4 Å². The number of carboxylic acids is 2. The van der Waals surface area contributed by atoms with Crippen LogP contribution in [0.3, 0.4) is 0 Å². The smallest absolute Gasteiger partial charge is 0.414 e. The van der Waals surface area contributed by atoms with Crippen molar-refractivity contribution in [2.24, 2.45) is 0 Å². The lowest BCUT2D eigenvalue weighted by Gasteiger charge is -2.32. The predicted molar refractivity (Wildman–Crippen MR) is 98.6 cm³/mol. The second-order valence-corrected chi connectivity index (χ2v) is 6.37. The summed E-state index contributed by atoms with van der Waals surface area (Å²) in [5.41, 5.74) is 1.72. The summed E-state index contributed by atoms with van der Waals surface area (Å²) < 4.78 is 0. The Bertz CT molecular complexity index is 633. The van der Waals surface area contributed by atoms with E-state index in [1.807, 2.05) is 25.1 Å². The van der Waals surface area contributed by atoms with Gasteiger partial charge in [0.2, 0.25) is 5.91 Å². The van der Waals surface area contributed by atoms with Gasteiger partial charge in [0.15, 0.2) is 0 Å². The Hall–Kier alpha value is -2.16. The van der Waals surface area contributed by atoms with Crippen molar-refractivity contribution in [3.8, 4) is 0 Å². The van der Waals surface area contributed by atoms with E-state index in [0.717, 1.165) is 44.0 Å². The van der Waals surface area contributed by atoms with Gasteiger partial charge in [-0.05, 0) is 31.7 Å². The van der Waals surface area contributed by atoms with Gasteiger partial charge in [-0.25, -0.2) is 9.59 Å². The molecule has 0 aliphatic carbocycles. The van der Waals surface area contributed by atoms with E-state index in [4.69, 9.17) is 31.4 Å². The van der Waals surface area contributed by atoms with Gasteiger partial charge in [0, 0.05) is 49.9 Å². The molecule has 1 aromatic carbocycles. The fourth-order valence-electron chi connectivity index (χ4n) is 2.29. The topological polar surface area (TPSA) is 110 Å². The van der Waals surface area contributed by atoms with Gasteiger partial charge in [0.25, 0.3) is 0 Å². The Labute approximate surface area is 157 Å². The summed E-state index contributed by atoms with van der Waals surface area (Å²) in [6, 6.07) is 5.57. The van der Waals surface area contributed by atoms with Crippen molar-refractivity contribution < 1.29 is 24.6 Å². The number of carbonyl (C=O) groups is 3. The largest absolute Gasteiger partial charge is 0.473 e. The minimum absolute atomic E-state index is 0.0503. The molecule has 1 aliphatic heterocycles. The number of hydrogen-bond donors (Lipinski definition) is 3. The molecule has 1 aromatic rings. The number of benzene rings is 1. The molecule has 0 spiro atoms. The SMILES string of the molecule is Cc1c(Cl)cccc1NC(=O)CCN1CCN(C)CC1.O=C(O)C(=O)O. The van der Waals surface area contributed by atoms with Crippen LogP contribution >= 0.6 is 11.6 Å². The van der Waals surface area contributed by atoms with Gasteiger partial charge in [-0.1, -0.05) is 17.7 Å². The molecule has 1 aliphatic rings. The highest BCUT2D eigenvalue weighted by Crippen LogP contribution is 2.22. The zero-order valence-corrected chi connectivity index (χ0v) is 15.6. The fourth-order valence-corrected chi connectivity index (χ4v) is 2.46. The molecule has 3 N–H and O–H groups in total. The maximum absolute atomic E-state index is 12.0. The van der Waals surface area contributed by atoms with Crippen LogP contribution in [-0.2, 0) is 14.4 Å². The monoisotopic (exact) mass is 385 g/mol. The van der Waals surface area contributed by atoms with Crippen LogP contribution in [0.15, 0.2) is 18.2 Å². The number of amides is 1. The van der Waals surface area contributed by atoms with Gasteiger partial charge in [0.05, 0.1) is 0 Å². The third kappa shape index (κ3) is 7.81. The Morgan fingerprint density at radius 2 is 1.69 bits per heavy atom. The number of carbonyl (C=O) groups excluding carboxylic acids is 1. The lowest BCUT2D eigenvalue weighted by molar-refractivity contribution is -0.159. The average Bonchev–Trinajstić information content (AvgIpc) is 2.59. The molecule has 1 heterocycles. The van der Waals surface area contributed by atoms with Crippen molar-refractivity contribution in [2.45, 2.75) is 13.3 Å². The Kier molecular flexibility index (Phi) is 9.04. The van der Waals surface area contributed by atoms with Gasteiger partial charge in [-0.2, -0.15) is 0 Å². The highest BCUT2D eigenvalue weighted by Gasteiger charge is 2.15. The van der Waals surface area contributed by atoms with E-state index < -0.39 is 11.9 Å². The summed E-state index contributed by atoms with van der Waals surface area (Å²) in [7, 11) is 2.13. The molecule has 9 heteroatoms. The standard InChI is InChI=1S/C15H22ClN3O.C2H2O4/c1-12-13(16)4-3-5-14(12)17-15(20)6-7-19-10-8-18(2)9-11-19;3-1(4)2(5)6/h3-5H,6-11H2,1-2H3,(H,17,20);(H,3,4)(H,5,6). The summed E-state index contributed by atoms with van der Waals surface area (Å²) in [4.78, 5) is 34.8. The third-order valence-corrected chi connectivity index (χ3v) is 4.39. The minimum Gasteiger partial charge on any atom is -0.473 e. The van der Waals surface area contributed by atoms with Crippen LogP contribution in [0.1, 0.15) is 12.0 Å². The number of nitrogens with one attached hydrogen (secondary N) is 1. The second-order valence-electron chi connectivity index (χ2n) is 5.97. The molecule has 26 heavy (non-hydrogen) atoms. The zero-order chi connectivity index (χ0) is 19.7. The van der Waals surface area contributed by atoms with E-state index in [1.54, 1.807) is 0 Å². The van der Waals surface area contributed by atoms with E-state index >= 15 is 0 Å². The van der Waals surface area contributed by atoms with E-state index in [1.165, 1.54) is 0 Å². The van der Waals surface area contributed by atoms with Gasteiger partial charge in [0.1, 0.15) is 0 Å². The maximum Gasteiger partial charge on any atom is 0.414 e. The molecule has 8 nitrogen and oxygen atoms in total. The van der Waals surface area contributed by atoms with Crippen molar-refractivity contribution in [2.75, 3.05) is 45.1 Å². The van der Waals surface area contributed by atoms with Crippen LogP contribution in [0.4, 0.5) is 5.69 Å². The molecule has 0 bridgehead atoms. The first kappa shape index (κ1) is 21.9. The van der Waals surface area contributed by atoms with Crippen molar-refractivity contribution in [1.29, 1.82) is 0 Å². The molecule has 0 unspecified atom stereocenters. The number of aliphatic carboxylic acids is 2. The van der Waals surface area contributed by atoms with Gasteiger partial charge >= 0.3 is 11.9 Å². The minimum atomic E-state index is -1.82. The Balaban J connectivity index is 0.000000487. The molecule has 0 aromatic heterocycles. The predicted octanol–water partition coefficient (Wildman–Crippen LogP) is 1.38. The van der Waals surface area contributed by atoms with Crippen LogP contribution < -0.4 is 5.32 Å². The summed E-state index contributed by atoms with van der Waals surface area (Å²) in [5, 5.41) is 18.4. The molecule has 2 rings (SSSR count). The number of rotatable bonds is 4. The normalized spacial score (nSPS) is 14.9. The highest BCUT2D eigenvalue weighted by molar-refractivity contribution is 6.31. The Morgan fingerprint density at radius 3 is 2.23 bits per heavy atom. The van der Waals surface area contributed by atoms with Crippen LogP contribution in [0.2, 0.25) is 5.02 Å². The lowest BCUT2D eigenvalue weighted by atomic mass is 10.2. The van der Waals surface area contributed by atoms with E-state index in [9.17, 15) is 4.79 Å². The summed E-state index contributed by atoms with van der Waals surface area (Å²) in [6.45, 7) is 6.97. The summed E-state index contributed by atoms with van der Waals surface area (Å²) in [6.07, 6.45) is 0.523. The molecular weight excluding hydrogens is 362 g/mol. The number of anilines is 1. The lowest BCUT2D eigenvalue weighted by Crippen LogP contribution is -2.45.